The third-order valence-corrected chi connectivity index (χ3v) is 8.32. The van der Waals surface area contributed by atoms with Crippen LogP contribution in [-0.4, -0.2) is 49.2 Å². The minimum Gasteiger partial charge on any atom is -0.497 e. The number of carbonyl (C=O) groups excluding carboxylic acids is 2. The lowest BCUT2D eigenvalue weighted by atomic mass is 10.2. The zero-order valence-electron chi connectivity index (χ0n) is 16.0. The highest BCUT2D eigenvalue weighted by Crippen LogP contribution is 2.33. The number of hydrogen-bond acceptors (Lipinski definition) is 7. The zero-order valence-corrected chi connectivity index (χ0v) is 19.2. The van der Waals surface area contributed by atoms with Crippen LogP contribution >= 0.6 is 34.7 Å². The molecule has 2 amide bonds. The van der Waals surface area contributed by atoms with Gasteiger partial charge in [-0.05, 0) is 31.2 Å². The van der Waals surface area contributed by atoms with Gasteiger partial charge in [-0.1, -0.05) is 29.4 Å². The first-order valence-corrected chi connectivity index (χ1v) is 12.3. The van der Waals surface area contributed by atoms with E-state index in [4.69, 9.17) is 16.3 Å². The number of benzene rings is 1. The Balaban J connectivity index is 1.74. The van der Waals surface area contributed by atoms with Crippen LogP contribution in [0.5, 0.6) is 5.75 Å². The molecule has 0 aliphatic carbocycles. The van der Waals surface area contributed by atoms with Gasteiger partial charge < -0.3 is 10.1 Å². The number of rotatable bonds is 7. The summed E-state index contributed by atoms with van der Waals surface area (Å²) in [7, 11) is -2.48. The molecule has 30 heavy (non-hydrogen) atoms. The van der Waals surface area contributed by atoms with E-state index in [0.717, 1.165) is 23.1 Å². The van der Waals surface area contributed by atoms with Gasteiger partial charge >= 0.3 is 0 Å². The average molecular weight is 488 g/mol. The molecule has 2 heterocycles. The molecule has 2 aromatic rings. The summed E-state index contributed by atoms with van der Waals surface area (Å²) in [6.07, 6.45) is -0.124. The Kier molecular flexibility index (Phi) is 7.06. The maximum atomic E-state index is 12.7. The Morgan fingerprint density at radius 2 is 2.10 bits per heavy atom. The molecule has 1 atom stereocenters. The number of sulfonamides is 1. The van der Waals surface area contributed by atoms with Gasteiger partial charge in [0.1, 0.15) is 15.2 Å². The van der Waals surface area contributed by atoms with Crippen LogP contribution in [0.2, 0.25) is 4.34 Å². The topological polar surface area (TPSA) is 105 Å². The van der Waals surface area contributed by atoms with E-state index in [1.54, 1.807) is 31.2 Å². The Morgan fingerprint density at radius 3 is 2.73 bits per heavy atom. The molecule has 1 N–H and O–H groups in total. The number of thiophene rings is 1. The van der Waals surface area contributed by atoms with Crippen LogP contribution in [0.25, 0.3) is 0 Å². The number of halogens is 1. The number of ether oxygens (including phenoxy) is 1. The van der Waals surface area contributed by atoms with Crippen molar-refractivity contribution in [2.75, 3.05) is 19.0 Å². The predicted octanol–water partition coefficient (Wildman–Crippen LogP) is 3.45. The van der Waals surface area contributed by atoms with Gasteiger partial charge in [-0.3, -0.25) is 14.5 Å². The first-order valence-electron chi connectivity index (χ1n) is 8.75. The van der Waals surface area contributed by atoms with Gasteiger partial charge in [-0.25, -0.2) is 0 Å². The van der Waals surface area contributed by atoms with Gasteiger partial charge in [-0.2, -0.15) is 8.42 Å². The molecule has 1 aliphatic heterocycles. The Morgan fingerprint density at radius 1 is 1.33 bits per heavy atom. The second kappa shape index (κ2) is 9.38. The van der Waals surface area contributed by atoms with Gasteiger partial charge in [0.15, 0.2) is 5.17 Å². The number of amidine groups is 1. The molecular formula is C18H18ClN3O5S3. The SMILES string of the molecule is CCN1C(=O)C(CC(=O)Nc2cccc(OC)c2)SC1=NS(=O)(=O)c1ccc(Cl)s1. The minimum absolute atomic E-state index is 0.0108. The molecule has 0 saturated carbocycles. The highest BCUT2D eigenvalue weighted by Gasteiger charge is 2.39. The monoisotopic (exact) mass is 487 g/mol. The van der Waals surface area contributed by atoms with E-state index in [0.29, 0.717) is 15.8 Å². The van der Waals surface area contributed by atoms with Crippen molar-refractivity contribution in [3.05, 3.63) is 40.7 Å². The molecule has 8 nitrogen and oxygen atoms in total. The van der Waals surface area contributed by atoms with Gasteiger partial charge in [0.2, 0.25) is 11.8 Å². The smallest absolute Gasteiger partial charge is 0.294 e. The normalized spacial score (nSPS) is 18.1. The predicted molar refractivity (Wildman–Crippen MR) is 119 cm³/mol. The van der Waals surface area contributed by atoms with Crippen molar-refractivity contribution in [3.8, 4) is 5.75 Å². The second-order valence-corrected chi connectivity index (χ2v) is 10.8. The lowest BCUT2D eigenvalue weighted by Crippen LogP contribution is -2.33. The van der Waals surface area contributed by atoms with Crippen LogP contribution in [0, 0.1) is 0 Å². The molecule has 1 fully saturated rings. The molecule has 1 unspecified atom stereocenters. The number of thioether (sulfide) groups is 1. The summed E-state index contributed by atoms with van der Waals surface area (Å²) in [5.41, 5.74) is 0.535. The molecule has 12 heteroatoms. The summed E-state index contributed by atoms with van der Waals surface area (Å²) in [5, 5.41) is 1.99. The fraction of sp³-hybridized carbons (Fsp3) is 0.278. The molecule has 1 aromatic heterocycles. The number of hydrogen-bond donors (Lipinski definition) is 1. The van der Waals surface area contributed by atoms with Gasteiger partial charge in [0.25, 0.3) is 10.0 Å². The highest BCUT2D eigenvalue weighted by atomic mass is 35.5. The fourth-order valence-corrected chi connectivity index (χ4v) is 6.55. The van der Waals surface area contributed by atoms with Crippen molar-refractivity contribution >= 4 is 67.4 Å². The molecule has 3 rings (SSSR count). The summed E-state index contributed by atoms with van der Waals surface area (Å²) in [6, 6.07) is 9.67. The molecule has 1 saturated heterocycles. The number of methoxy groups -OCH3 is 1. The second-order valence-electron chi connectivity index (χ2n) is 6.08. The van der Waals surface area contributed by atoms with E-state index in [1.807, 2.05) is 0 Å². The lowest BCUT2D eigenvalue weighted by Gasteiger charge is -2.13. The first-order chi connectivity index (χ1) is 14.2. The van der Waals surface area contributed by atoms with Crippen molar-refractivity contribution in [2.45, 2.75) is 22.8 Å². The van der Waals surface area contributed by atoms with E-state index < -0.39 is 15.3 Å². The van der Waals surface area contributed by atoms with Gasteiger partial charge in [0.05, 0.1) is 11.4 Å². The van der Waals surface area contributed by atoms with Gasteiger partial charge in [0, 0.05) is 24.7 Å². The summed E-state index contributed by atoms with van der Waals surface area (Å²) < 4.78 is 34.3. The van der Waals surface area contributed by atoms with E-state index in [-0.39, 0.29) is 34.2 Å². The third-order valence-electron chi connectivity index (χ3n) is 4.06. The quantitative estimate of drug-likeness (QED) is 0.641. The molecule has 160 valence electrons. The third kappa shape index (κ3) is 5.15. The van der Waals surface area contributed by atoms with E-state index >= 15 is 0 Å². The first kappa shape index (κ1) is 22.6. The average Bonchev–Trinajstić information content (AvgIpc) is 3.25. The van der Waals surface area contributed by atoms with E-state index in [2.05, 4.69) is 9.71 Å². The molecule has 1 aliphatic rings. The van der Waals surface area contributed by atoms with Crippen molar-refractivity contribution in [1.29, 1.82) is 0 Å². The molecular weight excluding hydrogens is 470 g/mol. The minimum atomic E-state index is -4.00. The molecule has 0 bridgehead atoms. The summed E-state index contributed by atoms with van der Waals surface area (Å²) in [4.78, 5) is 26.4. The molecule has 0 radical (unpaired) electrons. The Hall–Kier alpha value is -2.08. The van der Waals surface area contributed by atoms with Crippen LogP contribution in [0.15, 0.2) is 45.0 Å². The number of amides is 2. The maximum Gasteiger partial charge on any atom is 0.294 e. The summed E-state index contributed by atoms with van der Waals surface area (Å²) >= 11 is 7.66. The van der Waals surface area contributed by atoms with Crippen LogP contribution < -0.4 is 10.1 Å². The fourth-order valence-electron chi connectivity index (χ4n) is 2.67. The lowest BCUT2D eigenvalue weighted by molar-refractivity contribution is -0.128. The number of carbonyl (C=O) groups is 2. The Labute approximate surface area is 187 Å². The standard InChI is InChI=1S/C18H18ClN3O5S3/c1-3-22-17(24)13(10-15(23)20-11-5-4-6-12(9-11)27-2)28-18(22)21-30(25,26)16-8-7-14(19)29-16/h4-9,13H,3,10H2,1-2H3,(H,20,23). The summed E-state index contributed by atoms with van der Waals surface area (Å²) in [5.74, 6) is -0.148. The van der Waals surface area contributed by atoms with E-state index in [1.165, 1.54) is 24.1 Å². The maximum absolute atomic E-state index is 12.7. The zero-order chi connectivity index (χ0) is 21.9. The Bertz CT molecular complexity index is 1100. The van der Waals surface area contributed by atoms with Crippen LogP contribution in [0.1, 0.15) is 13.3 Å². The molecule has 0 spiro atoms. The largest absolute Gasteiger partial charge is 0.497 e. The van der Waals surface area contributed by atoms with Crippen LogP contribution in [-0.2, 0) is 19.6 Å². The highest BCUT2D eigenvalue weighted by molar-refractivity contribution is 8.16. The van der Waals surface area contributed by atoms with E-state index in [9.17, 15) is 18.0 Å². The number of nitrogens with one attached hydrogen (secondary N) is 1. The number of anilines is 1. The number of nitrogens with zero attached hydrogens (tertiary/aromatic N) is 2. The molecule has 1 aromatic carbocycles. The van der Waals surface area contributed by atoms with Crippen molar-refractivity contribution < 1.29 is 22.7 Å². The van der Waals surface area contributed by atoms with Gasteiger partial charge in [-0.15, -0.1) is 15.7 Å². The van der Waals surface area contributed by atoms with Crippen molar-refractivity contribution in [2.24, 2.45) is 4.40 Å². The van der Waals surface area contributed by atoms with Crippen LogP contribution in [0.3, 0.4) is 0 Å². The van der Waals surface area contributed by atoms with Crippen molar-refractivity contribution in [3.63, 3.8) is 0 Å². The van der Waals surface area contributed by atoms with Crippen LogP contribution in [0.4, 0.5) is 5.69 Å². The van der Waals surface area contributed by atoms with Crippen molar-refractivity contribution in [1.82, 2.24) is 4.90 Å². The summed E-state index contributed by atoms with van der Waals surface area (Å²) in [6.45, 7) is 1.95.